The minimum absolute atomic E-state index is 0.0314. The minimum Gasteiger partial charge on any atom is -0.445 e. The highest BCUT2D eigenvalue weighted by atomic mass is 16.5. The third kappa shape index (κ3) is 9.09. The molecule has 0 aromatic heterocycles. The fourth-order valence-corrected chi connectivity index (χ4v) is 4.21. The van der Waals surface area contributed by atoms with Crippen molar-refractivity contribution in [1.82, 2.24) is 25.3 Å². The van der Waals surface area contributed by atoms with Crippen molar-refractivity contribution in [1.29, 1.82) is 0 Å². The fraction of sp³-hybridized carbons (Fsp3) is 0.538. The van der Waals surface area contributed by atoms with E-state index < -0.39 is 12.1 Å². The van der Waals surface area contributed by atoms with Crippen LogP contribution in [0.5, 0.6) is 0 Å². The van der Waals surface area contributed by atoms with Gasteiger partial charge in [-0.15, -0.1) is 0 Å². The van der Waals surface area contributed by atoms with Gasteiger partial charge in [-0.3, -0.25) is 9.59 Å². The van der Waals surface area contributed by atoms with Gasteiger partial charge in [-0.1, -0.05) is 36.9 Å². The molecule has 202 valence electrons. The van der Waals surface area contributed by atoms with Crippen molar-refractivity contribution < 1.29 is 28.7 Å². The summed E-state index contributed by atoms with van der Waals surface area (Å²) in [5.41, 5.74) is 0.847. The Hall–Kier alpha value is -3.60. The molecule has 5 amide bonds. The number of hydrogen-bond acceptors (Lipinski definition) is 6. The standard InChI is InChI=1S/C26H37N5O6/c1-2-23(32)27-11-7-6-10-22(28-25(34)37-20-21-8-4-3-5-9-21)24(33)29-12-14-30(15-13-29)26(35)31-16-18-36-19-17-31/h2-5,8-9,22H,1,6-7,10-20H2,(H,27,32)(H,28,34)/t22-/m0/s1. The van der Waals surface area contributed by atoms with E-state index in [0.717, 1.165) is 5.56 Å². The molecule has 0 aliphatic carbocycles. The summed E-state index contributed by atoms with van der Waals surface area (Å²) < 4.78 is 10.6. The highest BCUT2D eigenvalue weighted by molar-refractivity contribution is 5.87. The number of nitrogens with one attached hydrogen (secondary N) is 2. The first-order chi connectivity index (χ1) is 18.0. The van der Waals surface area contributed by atoms with Crippen LogP contribution in [-0.2, 0) is 25.7 Å². The molecule has 0 bridgehead atoms. The SMILES string of the molecule is C=CC(=O)NCCCC[C@H](NC(=O)OCc1ccccc1)C(=O)N1CCN(C(=O)N2CCOCC2)CC1. The van der Waals surface area contributed by atoms with Crippen LogP contribution in [0.15, 0.2) is 43.0 Å². The zero-order valence-electron chi connectivity index (χ0n) is 21.2. The van der Waals surface area contributed by atoms with Crippen molar-refractivity contribution in [3.8, 4) is 0 Å². The van der Waals surface area contributed by atoms with Gasteiger partial charge in [-0.25, -0.2) is 9.59 Å². The van der Waals surface area contributed by atoms with Gasteiger partial charge in [0.15, 0.2) is 0 Å². The highest BCUT2D eigenvalue weighted by Crippen LogP contribution is 2.12. The molecule has 11 nitrogen and oxygen atoms in total. The molecule has 37 heavy (non-hydrogen) atoms. The Morgan fingerprint density at radius 2 is 1.59 bits per heavy atom. The van der Waals surface area contributed by atoms with Crippen LogP contribution >= 0.6 is 0 Å². The molecule has 0 spiro atoms. The van der Waals surface area contributed by atoms with E-state index in [0.29, 0.717) is 78.3 Å². The van der Waals surface area contributed by atoms with Gasteiger partial charge in [0.1, 0.15) is 12.6 Å². The third-order valence-corrected chi connectivity index (χ3v) is 6.35. The minimum atomic E-state index is -0.764. The third-order valence-electron chi connectivity index (χ3n) is 6.35. The predicted octanol–water partition coefficient (Wildman–Crippen LogP) is 1.35. The molecule has 0 saturated carbocycles. The normalized spacial score (nSPS) is 16.5. The lowest BCUT2D eigenvalue weighted by Gasteiger charge is -2.39. The summed E-state index contributed by atoms with van der Waals surface area (Å²) in [5, 5.41) is 5.43. The van der Waals surface area contributed by atoms with E-state index in [1.54, 1.807) is 14.7 Å². The van der Waals surface area contributed by atoms with E-state index in [1.165, 1.54) is 6.08 Å². The van der Waals surface area contributed by atoms with Gasteiger partial charge in [0, 0.05) is 45.8 Å². The first-order valence-electron chi connectivity index (χ1n) is 12.8. The van der Waals surface area contributed by atoms with E-state index in [4.69, 9.17) is 9.47 Å². The number of piperazine rings is 1. The van der Waals surface area contributed by atoms with Gasteiger partial charge in [-0.2, -0.15) is 0 Å². The molecule has 11 heteroatoms. The first-order valence-corrected chi connectivity index (χ1v) is 12.8. The van der Waals surface area contributed by atoms with Crippen LogP contribution in [0.3, 0.4) is 0 Å². The number of benzene rings is 1. The number of hydrogen-bond donors (Lipinski definition) is 2. The second-order valence-corrected chi connectivity index (χ2v) is 8.94. The topological polar surface area (TPSA) is 121 Å². The Morgan fingerprint density at radius 1 is 0.946 bits per heavy atom. The average Bonchev–Trinajstić information content (AvgIpc) is 2.95. The van der Waals surface area contributed by atoms with Crippen LogP contribution in [0.25, 0.3) is 0 Å². The number of nitrogens with zero attached hydrogens (tertiary/aromatic N) is 3. The van der Waals surface area contributed by atoms with Crippen molar-refractivity contribution in [3.63, 3.8) is 0 Å². The van der Waals surface area contributed by atoms with E-state index in [9.17, 15) is 19.2 Å². The van der Waals surface area contributed by atoms with Crippen LogP contribution in [-0.4, -0.2) is 104 Å². The van der Waals surface area contributed by atoms with Gasteiger partial charge in [-0.05, 0) is 30.9 Å². The molecule has 2 saturated heterocycles. The summed E-state index contributed by atoms with van der Waals surface area (Å²) >= 11 is 0. The van der Waals surface area contributed by atoms with Crippen molar-refractivity contribution in [3.05, 3.63) is 48.6 Å². The van der Waals surface area contributed by atoms with Crippen LogP contribution in [0.2, 0.25) is 0 Å². The van der Waals surface area contributed by atoms with Crippen molar-refractivity contribution >= 4 is 23.9 Å². The number of unbranched alkanes of at least 4 members (excludes halogenated alkanes) is 1. The van der Waals surface area contributed by atoms with Gasteiger partial charge in [0.05, 0.1) is 13.2 Å². The zero-order valence-corrected chi connectivity index (χ0v) is 21.2. The molecule has 2 aliphatic heterocycles. The molecule has 2 heterocycles. The Balaban J connectivity index is 1.51. The fourth-order valence-electron chi connectivity index (χ4n) is 4.21. The Bertz CT molecular complexity index is 913. The molecule has 0 unspecified atom stereocenters. The summed E-state index contributed by atoms with van der Waals surface area (Å²) in [4.78, 5) is 55.2. The number of ether oxygens (including phenoxy) is 2. The number of rotatable bonds is 10. The van der Waals surface area contributed by atoms with Crippen LogP contribution in [0.1, 0.15) is 24.8 Å². The second-order valence-electron chi connectivity index (χ2n) is 8.94. The van der Waals surface area contributed by atoms with Gasteiger partial charge in [0.2, 0.25) is 11.8 Å². The molecule has 1 atom stereocenters. The maximum atomic E-state index is 13.3. The maximum absolute atomic E-state index is 13.3. The number of urea groups is 1. The quantitative estimate of drug-likeness (QED) is 0.359. The molecular weight excluding hydrogens is 478 g/mol. The first kappa shape index (κ1) is 28.0. The molecule has 2 N–H and O–H groups in total. The second kappa shape index (κ2) is 14.8. The van der Waals surface area contributed by atoms with E-state index in [1.807, 2.05) is 30.3 Å². The van der Waals surface area contributed by atoms with Gasteiger partial charge < -0.3 is 34.8 Å². The summed E-state index contributed by atoms with van der Waals surface area (Å²) in [6.45, 7) is 7.83. The largest absolute Gasteiger partial charge is 0.445 e. The number of morpholine rings is 1. The van der Waals surface area contributed by atoms with Crippen molar-refractivity contribution in [2.75, 3.05) is 59.0 Å². The van der Waals surface area contributed by atoms with Crippen LogP contribution < -0.4 is 10.6 Å². The zero-order chi connectivity index (χ0) is 26.5. The Morgan fingerprint density at radius 3 is 2.27 bits per heavy atom. The number of carbonyl (C=O) groups is 4. The number of alkyl carbamates (subject to hydrolysis) is 1. The van der Waals surface area contributed by atoms with Crippen LogP contribution in [0, 0.1) is 0 Å². The molecule has 1 aromatic carbocycles. The lowest BCUT2D eigenvalue weighted by Crippen LogP contribution is -2.58. The summed E-state index contributed by atoms with van der Waals surface area (Å²) in [7, 11) is 0. The van der Waals surface area contributed by atoms with Crippen molar-refractivity contribution in [2.24, 2.45) is 0 Å². The Labute approximate surface area is 217 Å². The summed E-state index contributed by atoms with van der Waals surface area (Å²) in [6, 6.07) is 8.51. The molecule has 1 aromatic rings. The van der Waals surface area contributed by atoms with Crippen LogP contribution in [0.4, 0.5) is 9.59 Å². The average molecular weight is 516 g/mol. The Kier molecular flexibility index (Phi) is 11.2. The number of amides is 5. The van der Waals surface area contributed by atoms with E-state index in [2.05, 4.69) is 17.2 Å². The predicted molar refractivity (Wildman–Crippen MR) is 137 cm³/mol. The van der Waals surface area contributed by atoms with Gasteiger partial charge in [0.25, 0.3) is 0 Å². The van der Waals surface area contributed by atoms with Gasteiger partial charge >= 0.3 is 12.1 Å². The van der Waals surface area contributed by atoms with E-state index >= 15 is 0 Å². The van der Waals surface area contributed by atoms with E-state index in [-0.39, 0.29) is 24.5 Å². The summed E-state index contributed by atoms with van der Waals surface area (Å²) in [5.74, 6) is -0.454. The molecular formula is C26H37N5O6. The maximum Gasteiger partial charge on any atom is 0.408 e. The monoisotopic (exact) mass is 515 g/mol. The molecule has 2 fully saturated rings. The molecule has 2 aliphatic rings. The molecule has 0 radical (unpaired) electrons. The highest BCUT2D eigenvalue weighted by Gasteiger charge is 2.31. The molecule has 3 rings (SSSR count). The lowest BCUT2D eigenvalue weighted by molar-refractivity contribution is -0.135. The smallest absolute Gasteiger partial charge is 0.408 e. The van der Waals surface area contributed by atoms with Crippen molar-refractivity contribution in [2.45, 2.75) is 31.9 Å². The summed E-state index contributed by atoms with van der Waals surface area (Å²) in [6.07, 6.45) is 2.20. The lowest BCUT2D eigenvalue weighted by atomic mass is 10.1. The number of carbonyl (C=O) groups excluding carboxylic acids is 4.